The Labute approximate surface area is 230 Å². The molecule has 0 radical (unpaired) electrons. The molecule has 0 aliphatic carbocycles. The van der Waals surface area contributed by atoms with Crippen LogP contribution in [-0.4, -0.2) is 40.9 Å². The predicted molar refractivity (Wildman–Crippen MR) is 147 cm³/mol. The molecule has 13 heteroatoms. The molecule has 4 aromatic heterocycles. The first-order valence-electron chi connectivity index (χ1n) is 11.9. The number of rotatable bonds is 8. The predicted octanol–water partition coefficient (Wildman–Crippen LogP) is 5.33. The summed E-state index contributed by atoms with van der Waals surface area (Å²) in [5.74, 6) is 0.281. The van der Waals surface area contributed by atoms with Crippen molar-refractivity contribution in [3.8, 4) is 44.5 Å². The van der Waals surface area contributed by atoms with Gasteiger partial charge in [0.25, 0.3) is 5.69 Å². The van der Waals surface area contributed by atoms with Crippen molar-refractivity contribution in [1.29, 1.82) is 0 Å². The number of aromatic nitrogens is 6. The number of nitrogens with zero attached hydrogens (tertiary/aromatic N) is 7. The van der Waals surface area contributed by atoms with Crippen molar-refractivity contribution in [3.05, 3.63) is 101 Å². The van der Waals surface area contributed by atoms with Gasteiger partial charge in [-0.15, -0.1) is 16.4 Å². The zero-order valence-electron chi connectivity index (χ0n) is 20.5. The third-order valence-electron chi connectivity index (χ3n) is 5.88. The molecule has 0 atom stereocenters. The standard InChI is InChI=1S/C27H18N8O4S/c36-26(15-34-14-23(31-33-34)18-3-7-21(8-4-18)35(37)38)29-20-5-1-17(2-6-20)22-13-25(39-32-22)27-30-24(16-40-27)19-9-11-28-12-10-19/h1-14,16H,15H2,(H,29,36). The maximum Gasteiger partial charge on any atom is 0.269 e. The number of anilines is 1. The first-order valence-corrected chi connectivity index (χ1v) is 12.8. The Morgan fingerprint density at radius 3 is 2.40 bits per heavy atom. The van der Waals surface area contributed by atoms with Crippen LogP contribution in [0.5, 0.6) is 0 Å². The summed E-state index contributed by atoms with van der Waals surface area (Å²) in [6.45, 7) is -0.0519. The maximum atomic E-state index is 12.6. The van der Waals surface area contributed by atoms with Gasteiger partial charge in [0.1, 0.15) is 17.9 Å². The molecule has 0 fully saturated rings. The van der Waals surface area contributed by atoms with Crippen LogP contribution >= 0.6 is 11.3 Å². The minimum absolute atomic E-state index is 0.0133. The fraction of sp³-hybridized carbons (Fsp3) is 0.0370. The Hall–Kier alpha value is -5.56. The highest BCUT2D eigenvalue weighted by atomic mass is 32.1. The van der Waals surface area contributed by atoms with E-state index in [-0.39, 0.29) is 18.1 Å². The normalized spacial score (nSPS) is 10.9. The number of benzene rings is 2. The second-order valence-electron chi connectivity index (χ2n) is 8.58. The number of non-ortho nitro benzene ring substituents is 1. The number of nitro benzene ring substituents is 1. The molecule has 1 amide bonds. The Bertz CT molecular complexity index is 1790. The molecule has 0 saturated carbocycles. The number of nitro groups is 1. The van der Waals surface area contributed by atoms with Crippen molar-refractivity contribution in [2.45, 2.75) is 6.54 Å². The lowest BCUT2D eigenvalue weighted by molar-refractivity contribution is -0.384. The van der Waals surface area contributed by atoms with E-state index in [1.807, 2.05) is 35.7 Å². The molecular weight excluding hydrogens is 532 g/mol. The zero-order valence-corrected chi connectivity index (χ0v) is 21.4. The first-order chi connectivity index (χ1) is 19.5. The maximum absolute atomic E-state index is 12.6. The lowest BCUT2D eigenvalue weighted by Gasteiger charge is -2.05. The van der Waals surface area contributed by atoms with Crippen LogP contribution in [0.25, 0.3) is 44.5 Å². The van der Waals surface area contributed by atoms with E-state index < -0.39 is 4.92 Å². The average Bonchev–Trinajstić information content (AvgIpc) is 3.75. The van der Waals surface area contributed by atoms with Crippen molar-refractivity contribution in [1.82, 2.24) is 30.1 Å². The molecule has 0 bridgehead atoms. The molecule has 1 N–H and O–H groups in total. The minimum Gasteiger partial charge on any atom is -0.353 e. The third kappa shape index (κ3) is 5.35. The van der Waals surface area contributed by atoms with Gasteiger partial charge in [-0.25, -0.2) is 9.67 Å². The smallest absolute Gasteiger partial charge is 0.269 e. The molecule has 0 spiro atoms. The lowest BCUT2D eigenvalue weighted by Crippen LogP contribution is -2.19. The summed E-state index contributed by atoms with van der Waals surface area (Å²) in [6.07, 6.45) is 5.05. The molecule has 0 aliphatic heterocycles. The monoisotopic (exact) mass is 550 g/mol. The summed E-state index contributed by atoms with van der Waals surface area (Å²) in [6, 6.07) is 18.8. The number of nitrogens with one attached hydrogen (secondary N) is 1. The fourth-order valence-corrected chi connectivity index (χ4v) is 4.66. The zero-order chi connectivity index (χ0) is 27.5. The second kappa shape index (κ2) is 10.7. The number of thiazole rings is 1. The van der Waals surface area contributed by atoms with Crippen molar-refractivity contribution in [3.63, 3.8) is 0 Å². The van der Waals surface area contributed by atoms with E-state index in [1.54, 1.807) is 42.9 Å². The van der Waals surface area contributed by atoms with Crippen molar-refractivity contribution in [2.75, 3.05) is 5.32 Å². The largest absolute Gasteiger partial charge is 0.353 e. The highest BCUT2D eigenvalue weighted by Gasteiger charge is 2.14. The van der Waals surface area contributed by atoms with Gasteiger partial charge in [0.05, 0.1) is 16.8 Å². The Morgan fingerprint density at radius 1 is 0.950 bits per heavy atom. The Kier molecular flexibility index (Phi) is 6.60. The van der Waals surface area contributed by atoms with Crippen molar-refractivity contribution in [2.24, 2.45) is 0 Å². The quantitative estimate of drug-likeness (QED) is 0.195. The highest BCUT2D eigenvalue weighted by molar-refractivity contribution is 7.13. The Morgan fingerprint density at radius 2 is 1.65 bits per heavy atom. The van der Waals surface area contributed by atoms with Gasteiger partial charge in [0, 0.05) is 58.4 Å². The second-order valence-corrected chi connectivity index (χ2v) is 9.44. The van der Waals surface area contributed by atoms with Crippen LogP contribution in [-0.2, 0) is 11.3 Å². The SMILES string of the molecule is O=C(Cn1cc(-c2ccc([N+](=O)[O-])cc2)nn1)Nc1ccc(-c2cc(-c3nc(-c4ccncc4)cs3)on2)cc1. The molecule has 0 aliphatic rings. The lowest BCUT2D eigenvalue weighted by atomic mass is 10.1. The third-order valence-corrected chi connectivity index (χ3v) is 6.74. The molecule has 4 heterocycles. The van der Waals surface area contributed by atoms with Crippen LogP contribution in [0.15, 0.2) is 95.2 Å². The van der Waals surface area contributed by atoms with Gasteiger partial charge in [-0.2, -0.15) is 0 Å². The molecule has 0 unspecified atom stereocenters. The van der Waals surface area contributed by atoms with Gasteiger partial charge < -0.3 is 9.84 Å². The molecule has 6 rings (SSSR count). The van der Waals surface area contributed by atoms with E-state index in [1.165, 1.54) is 28.2 Å². The van der Waals surface area contributed by atoms with Crippen LogP contribution in [0.3, 0.4) is 0 Å². The van der Waals surface area contributed by atoms with Crippen LogP contribution in [0.1, 0.15) is 0 Å². The molecule has 12 nitrogen and oxygen atoms in total. The summed E-state index contributed by atoms with van der Waals surface area (Å²) in [4.78, 5) is 31.6. The summed E-state index contributed by atoms with van der Waals surface area (Å²) < 4.78 is 6.93. The van der Waals surface area contributed by atoms with E-state index in [2.05, 4.69) is 30.8 Å². The fourth-order valence-electron chi connectivity index (χ4n) is 3.89. The van der Waals surface area contributed by atoms with Gasteiger partial charge in [-0.1, -0.05) is 22.5 Å². The minimum atomic E-state index is -0.469. The summed E-state index contributed by atoms with van der Waals surface area (Å²) in [5.41, 5.74) is 5.05. The van der Waals surface area contributed by atoms with E-state index in [0.717, 1.165) is 21.8 Å². The van der Waals surface area contributed by atoms with Gasteiger partial charge >= 0.3 is 0 Å². The van der Waals surface area contributed by atoms with Crippen molar-refractivity contribution >= 4 is 28.6 Å². The molecule has 196 valence electrons. The van der Waals surface area contributed by atoms with Crippen molar-refractivity contribution < 1.29 is 14.2 Å². The summed E-state index contributed by atoms with van der Waals surface area (Å²) in [5, 5.41) is 28.5. The van der Waals surface area contributed by atoms with Crippen LogP contribution < -0.4 is 5.32 Å². The molecule has 6 aromatic rings. The molecule has 2 aromatic carbocycles. The van der Waals surface area contributed by atoms with Crippen LogP contribution in [0.4, 0.5) is 11.4 Å². The van der Waals surface area contributed by atoms with Crippen LogP contribution in [0.2, 0.25) is 0 Å². The molecular formula is C27H18N8O4S. The highest BCUT2D eigenvalue weighted by Crippen LogP contribution is 2.31. The average molecular weight is 551 g/mol. The first kappa shape index (κ1) is 24.8. The number of amides is 1. The molecule has 40 heavy (non-hydrogen) atoms. The number of carbonyl (C=O) groups excluding carboxylic acids is 1. The van der Waals surface area contributed by atoms with Gasteiger partial charge in [0.15, 0.2) is 10.8 Å². The van der Waals surface area contributed by atoms with E-state index >= 15 is 0 Å². The summed E-state index contributed by atoms with van der Waals surface area (Å²) in [7, 11) is 0. The number of hydrogen-bond acceptors (Lipinski definition) is 10. The van der Waals surface area contributed by atoms with Crippen LogP contribution in [0, 0.1) is 10.1 Å². The van der Waals surface area contributed by atoms with E-state index in [0.29, 0.717) is 28.4 Å². The van der Waals surface area contributed by atoms with Gasteiger partial charge in [0.2, 0.25) is 5.91 Å². The number of carbonyl (C=O) groups is 1. The topological polar surface area (TPSA) is 155 Å². The summed E-state index contributed by atoms with van der Waals surface area (Å²) >= 11 is 1.47. The van der Waals surface area contributed by atoms with E-state index in [4.69, 9.17) is 4.52 Å². The Balaban J connectivity index is 1.07. The van der Waals surface area contributed by atoms with Gasteiger partial charge in [-0.05, 0) is 36.4 Å². The molecule has 0 saturated heterocycles. The number of hydrogen-bond donors (Lipinski definition) is 1. The number of pyridine rings is 1. The van der Waals surface area contributed by atoms with Gasteiger partial charge in [-0.3, -0.25) is 19.9 Å². The van der Waals surface area contributed by atoms with E-state index in [9.17, 15) is 14.9 Å².